The zero-order valence-electron chi connectivity index (χ0n) is 12.9. The molecule has 2 rings (SSSR count). The summed E-state index contributed by atoms with van der Waals surface area (Å²) in [6.07, 6.45) is 4.65. The molecule has 0 bridgehead atoms. The van der Waals surface area contributed by atoms with Crippen LogP contribution in [-0.2, 0) is 16.6 Å². The molecule has 0 saturated heterocycles. The molecule has 21 heavy (non-hydrogen) atoms. The van der Waals surface area contributed by atoms with Gasteiger partial charge in [0.05, 0.1) is 4.90 Å². The van der Waals surface area contributed by atoms with Gasteiger partial charge in [-0.1, -0.05) is 31.9 Å². The summed E-state index contributed by atoms with van der Waals surface area (Å²) in [5, 5.41) is 0. The van der Waals surface area contributed by atoms with E-state index in [9.17, 15) is 8.42 Å². The van der Waals surface area contributed by atoms with Crippen molar-refractivity contribution < 1.29 is 8.42 Å². The molecular weight excluding hydrogens is 284 g/mol. The number of sulfonamides is 1. The second-order valence-electron chi connectivity index (χ2n) is 6.28. The Bertz CT molecular complexity index is 576. The predicted molar refractivity (Wildman–Crippen MR) is 85.4 cm³/mol. The summed E-state index contributed by atoms with van der Waals surface area (Å²) in [7, 11) is -3.42. The van der Waals surface area contributed by atoms with Gasteiger partial charge in [0.2, 0.25) is 10.0 Å². The lowest BCUT2D eigenvalue weighted by atomic mass is 9.83. The van der Waals surface area contributed by atoms with Crippen molar-refractivity contribution in [2.45, 2.75) is 51.0 Å². The normalized spacial score (nSPS) is 23.2. The van der Waals surface area contributed by atoms with Gasteiger partial charge in [-0.25, -0.2) is 13.1 Å². The second kappa shape index (κ2) is 6.90. The number of rotatable bonds is 5. The summed E-state index contributed by atoms with van der Waals surface area (Å²) in [6, 6.07) is 5.28. The van der Waals surface area contributed by atoms with Crippen LogP contribution < -0.4 is 10.5 Å². The van der Waals surface area contributed by atoms with Gasteiger partial charge >= 0.3 is 0 Å². The minimum absolute atomic E-state index is 0.365. The maximum atomic E-state index is 12.4. The summed E-state index contributed by atoms with van der Waals surface area (Å²) in [5.41, 5.74) is 7.28. The van der Waals surface area contributed by atoms with E-state index in [4.69, 9.17) is 5.73 Å². The quantitative estimate of drug-likeness (QED) is 0.878. The van der Waals surface area contributed by atoms with E-state index in [0.717, 1.165) is 29.9 Å². The molecule has 0 heterocycles. The fourth-order valence-corrected chi connectivity index (χ4v) is 4.32. The van der Waals surface area contributed by atoms with Gasteiger partial charge in [0.25, 0.3) is 0 Å². The number of hydrogen-bond donors (Lipinski definition) is 2. The van der Waals surface area contributed by atoms with Crippen molar-refractivity contribution in [3.05, 3.63) is 29.3 Å². The maximum absolute atomic E-state index is 12.4. The molecule has 118 valence electrons. The Labute approximate surface area is 128 Å². The molecule has 0 spiro atoms. The van der Waals surface area contributed by atoms with E-state index >= 15 is 0 Å². The molecule has 1 aliphatic carbocycles. The van der Waals surface area contributed by atoms with Crippen LogP contribution >= 0.6 is 0 Å². The van der Waals surface area contributed by atoms with Gasteiger partial charge in [-0.2, -0.15) is 0 Å². The van der Waals surface area contributed by atoms with Crippen LogP contribution in [0.1, 0.15) is 43.7 Å². The summed E-state index contributed by atoms with van der Waals surface area (Å²) < 4.78 is 27.6. The smallest absolute Gasteiger partial charge is 0.240 e. The lowest BCUT2D eigenvalue weighted by molar-refractivity contribution is 0.290. The van der Waals surface area contributed by atoms with E-state index in [1.807, 2.05) is 13.0 Å². The highest BCUT2D eigenvalue weighted by Gasteiger charge is 2.22. The molecule has 0 unspecified atom stereocenters. The van der Waals surface area contributed by atoms with Crippen LogP contribution in [0.2, 0.25) is 0 Å². The molecule has 1 aliphatic rings. The molecule has 1 aromatic rings. The van der Waals surface area contributed by atoms with Crippen LogP contribution in [0.5, 0.6) is 0 Å². The van der Waals surface area contributed by atoms with Crippen LogP contribution in [0.15, 0.2) is 23.1 Å². The minimum atomic E-state index is -3.42. The Kier molecular flexibility index (Phi) is 5.41. The van der Waals surface area contributed by atoms with Crippen molar-refractivity contribution in [3.8, 4) is 0 Å². The van der Waals surface area contributed by atoms with E-state index in [1.54, 1.807) is 12.1 Å². The topological polar surface area (TPSA) is 72.2 Å². The Morgan fingerprint density at radius 1 is 1.24 bits per heavy atom. The van der Waals surface area contributed by atoms with E-state index in [1.165, 1.54) is 12.8 Å². The Hall–Kier alpha value is -0.910. The first-order valence-corrected chi connectivity index (χ1v) is 9.20. The Morgan fingerprint density at radius 3 is 2.48 bits per heavy atom. The maximum Gasteiger partial charge on any atom is 0.240 e. The van der Waals surface area contributed by atoms with Crippen molar-refractivity contribution in [2.24, 2.45) is 17.6 Å². The largest absolute Gasteiger partial charge is 0.326 e. The highest BCUT2D eigenvalue weighted by molar-refractivity contribution is 7.89. The number of nitrogens with one attached hydrogen (secondary N) is 1. The van der Waals surface area contributed by atoms with Crippen LogP contribution in [-0.4, -0.2) is 15.0 Å². The van der Waals surface area contributed by atoms with Gasteiger partial charge in [-0.3, -0.25) is 0 Å². The first-order valence-electron chi connectivity index (χ1n) is 7.71. The van der Waals surface area contributed by atoms with E-state index in [2.05, 4.69) is 11.6 Å². The molecule has 0 aliphatic heterocycles. The number of hydrogen-bond acceptors (Lipinski definition) is 3. The Morgan fingerprint density at radius 2 is 1.90 bits per heavy atom. The Balaban J connectivity index is 2.01. The lowest BCUT2D eigenvalue weighted by Gasteiger charge is -2.26. The van der Waals surface area contributed by atoms with Crippen molar-refractivity contribution in [3.63, 3.8) is 0 Å². The van der Waals surface area contributed by atoms with Crippen molar-refractivity contribution in [2.75, 3.05) is 6.54 Å². The van der Waals surface area contributed by atoms with Gasteiger partial charge in [0.15, 0.2) is 0 Å². The van der Waals surface area contributed by atoms with E-state index in [-0.39, 0.29) is 0 Å². The molecular formula is C16H26N2O2S. The van der Waals surface area contributed by atoms with Crippen molar-refractivity contribution >= 4 is 10.0 Å². The molecule has 1 saturated carbocycles. The standard InChI is InChI=1S/C16H26N2O2S/c1-12-3-5-14(6-4-12)11-18-21(19,20)16-8-7-15(10-17)9-13(16)2/h7-9,12,14,18H,3-6,10-11,17H2,1-2H3. The predicted octanol–water partition coefficient (Wildman–Crippen LogP) is 2.56. The molecule has 0 atom stereocenters. The summed E-state index contributed by atoms with van der Waals surface area (Å²) >= 11 is 0. The van der Waals surface area contributed by atoms with Crippen LogP contribution in [0.3, 0.4) is 0 Å². The third-order valence-corrected chi connectivity index (χ3v) is 6.05. The third-order valence-electron chi connectivity index (χ3n) is 4.46. The molecule has 5 heteroatoms. The molecule has 1 fully saturated rings. The van der Waals surface area contributed by atoms with Crippen LogP contribution in [0.4, 0.5) is 0 Å². The number of nitrogens with two attached hydrogens (primary N) is 1. The van der Waals surface area contributed by atoms with Gasteiger partial charge < -0.3 is 5.73 Å². The second-order valence-corrected chi connectivity index (χ2v) is 8.02. The summed E-state index contributed by atoms with van der Waals surface area (Å²) in [6.45, 7) is 5.06. The van der Waals surface area contributed by atoms with E-state index in [0.29, 0.717) is 23.9 Å². The molecule has 0 aromatic heterocycles. The molecule has 1 aromatic carbocycles. The van der Waals surface area contributed by atoms with Gasteiger partial charge in [-0.15, -0.1) is 0 Å². The van der Waals surface area contributed by atoms with Crippen molar-refractivity contribution in [1.29, 1.82) is 0 Å². The first-order chi connectivity index (χ1) is 9.92. The van der Waals surface area contributed by atoms with Crippen LogP contribution in [0.25, 0.3) is 0 Å². The molecule has 0 radical (unpaired) electrons. The molecule has 0 amide bonds. The average molecular weight is 310 g/mol. The summed E-state index contributed by atoms with van der Waals surface area (Å²) in [5.74, 6) is 1.25. The van der Waals surface area contributed by atoms with E-state index < -0.39 is 10.0 Å². The monoisotopic (exact) mass is 310 g/mol. The minimum Gasteiger partial charge on any atom is -0.326 e. The highest BCUT2D eigenvalue weighted by Crippen LogP contribution is 2.28. The van der Waals surface area contributed by atoms with Gasteiger partial charge in [0.1, 0.15) is 0 Å². The highest BCUT2D eigenvalue weighted by atomic mass is 32.2. The zero-order chi connectivity index (χ0) is 15.5. The van der Waals surface area contributed by atoms with Gasteiger partial charge in [0, 0.05) is 13.1 Å². The van der Waals surface area contributed by atoms with Gasteiger partial charge in [-0.05, 0) is 48.8 Å². The summed E-state index contributed by atoms with van der Waals surface area (Å²) in [4.78, 5) is 0.365. The average Bonchev–Trinajstić information content (AvgIpc) is 2.46. The molecule has 3 N–H and O–H groups in total. The first kappa shape index (κ1) is 16.5. The van der Waals surface area contributed by atoms with Crippen molar-refractivity contribution in [1.82, 2.24) is 4.72 Å². The zero-order valence-corrected chi connectivity index (χ0v) is 13.7. The number of benzene rings is 1. The SMILES string of the molecule is Cc1cc(CN)ccc1S(=O)(=O)NCC1CCC(C)CC1. The third kappa shape index (κ3) is 4.28. The fraction of sp³-hybridized carbons (Fsp3) is 0.625. The van der Waals surface area contributed by atoms with Crippen LogP contribution in [0, 0.1) is 18.8 Å². The lowest BCUT2D eigenvalue weighted by Crippen LogP contribution is -2.31. The number of aryl methyl sites for hydroxylation is 1. The molecule has 4 nitrogen and oxygen atoms in total. The fourth-order valence-electron chi connectivity index (χ4n) is 2.98.